The van der Waals surface area contributed by atoms with E-state index in [0.717, 1.165) is 0 Å². The lowest BCUT2D eigenvalue weighted by Gasteiger charge is -2.19. The highest BCUT2D eigenvalue weighted by Gasteiger charge is 2.24. The van der Waals surface area contributed by atoms with Gasteiger partial charge in [0.2, 0.25) is 0 Å². The van der Waals surface area contributed by atoms with E-state index in [1.165, 1.54) is 4.57 Å². The molecule has 0 fully saturated rings. The molecule has 0 saturated carbocycles. The van der Waals surface area contributed by atoms with Gasteiger partial charge in [-0.3, -0.25) is 14.4 Å². The Balaban J connectivity index is 2.13. The Morgan fingerprint density at radius 3 is 2.37 bits per heavy atom. The van der Waals surface area contributed by atoms with Crippen molar-refractivity contribution in [3.8, 4) is 6.01 Å². The molecule has 8 heteroatoms. The van der Waals surface area contributed by atoms with Gasteiger partial charge in [-0.05, 0) is 32.9 Å². The first kappa shape index (κ1) is 23.5. The molecule has 0 aliphatic rings. The van der Waals surface area contributed by atoms with Crippen molar-refractivity contribution >= 4 is 22.7 Å². The fraction of sp³-hybridized carbons (Fsp3) is 0.545. The van der Waals surface area contributed by atoms with Crippen LogP contribution in [0.4, 0.5) is 0 Å². The SMILES string of the molecule is CC(C)(C)C(=O)CNCCOc1nc2ccccc2c(=O)n1COC(=O)C(C)(C)C. The zero-order valence-corrected chi connectivity index (χ0v) is 18.6. The molecule has 1 aromatic carbocycles. The van der Waals surface area contributed by atoms with Crippen LogP contribution in [0.15, 0.2) is 29.1 Å². The van der Waals surface area contributed by atoms with Crippen molar-refractivity contribution in [2.45, 2.75) is 48.3 Å². The number of para-hydroxylation sites is 1. The number of ether oxygens (including phenoxy) is 2. The molecule has 164 valence electrons. The predicted octanol–water partition coefficient (Wildman–Crippen LogP) is 2.53. The number of ketones is 1. The van der Waals surface area contributed by atoms with Gasteiger partial charge < -0.3 is 14.8 Å². The number of hydrogen-bond acceptors (Lipinski definition) is 7. The summed E-state index contributed by atoms with van der Waals surface area (Å²) < 4.78 is 12.2. The third-order valence-corrected chi connectivity index (χ3v) is 4.40. The third-order valence-electron chi connectivity index (χ3n) is 4.40. The molecule has 0 radical (unpaired) electrons. The number of rotatable bonds is 8. The summed E-state index contributed by atoms with van der Waals surface area (Å²) in [4.78, 5) is 41.4. The number of carbonyl (C=O) groups is 2. The van der Waals surface area contributed by atoms with E-state index in [4.69, 9.17) is 9.47 Å². The maximum Gasteiger partial charge on any atom is 0.312 e. The summed E-state index contributed by atoms with van der Waals surface area (Å²) in [6.45, 7) is 11.3. The van der Waals surface area contributed by atoms with Crippen molar-refractivity contribution in [2.24, 2.45) is 10.8 Å². The number of nitrogens with one attached hydrogen (secondary N) is 1. The first-order valence-electron chi connectivity index (χ1n) is 9.95. The minimum absolute atomic E-state index is 0.0596. The van der Waals surface area contributed by atoms with Gasteiger partial charge >= 0.3 is 12.0 Å². The summed E-state index contributed by atoms with van der Waals surface area (Å²) >= 11 is 0. The lowest BCUT2D eigenvalue weighted by atomic mass is 9.91. The molecule has 0 amide bonds. The summed E-state index contributed by atoms with van der Waals surface area (Å²) in [7, 11) is 0. The van der Waals surface area contributed by atoms with Gasteiger partial charge in [-0.25, -0.2) is 4.57 Å². The Morgan fingerprint density at radius 2 is 1.73 bits per heavy atom. The van der Waals surface area contributed by atoms with Gasteiger partial charge in [-0.2, -0.15) is 4.98 Å². The van der Waals surface area contributed by atoms with Crippen LogP contribution < -0.4 is 15.6 Å². The second-order valence-electron chi connectivity index (χ2n) is 9.15. The van der Waals surface area contributed by atoms with Crippen molar-refractivity contribution in [3.63, 3.8) is 0 Å². The standard InChI is InChI=1S/C22H31N3O5/c1-21(2,3)17(26)13-23-11-12-29-20-24-16-10-8-7-9-15(16)18(27)25(20)14-30-19(28)22(4,5)6/h7-10,23H,11-14H2,1-6H3. The number of fused-ring (bicyclic) bond motifs is 1. The molecule has 0 atom stereocenters. The van der Waals surface area contributed by atoms with E-state index in [-0.39, 0.29) is 37.2 Å². The minimum atomic E-state index is -0.696. The van der Waals surface area contributed by atoms with Crippen LogP contribution in [0.5, 0.6) is 6.01 Å². The highest BCUT2D eigenvalue weighted by atomic mass is 16.6. The summed E-state index contributed by atoms with van der Waals surface area (Å²) in [6, 6.07) is 6.96. The molecule has 0 aliphatic carbocycles. The molecule has 30 heavy (non-hydrogen) atoms. The summed E-state index contributed by atoms with van der Waals surface area (Å²) in [5.41, 5.74) is -0.969. The lowest BCUT2D eigenvalue weighted by Crippen LogP contribution is -2.34. The average Bonchev–Trinajstić information content (AvgIpc) is 2.65. The molecular formula is C22H31N3O5. The van der Waals surface area contributed by atoms with Crippen LogP contribution in [0, 0.1) is 10.8 Å². The molecule has 0 spiro atoms. The number of Topliss-reactive ketones (excluding diaryl/α,β-unsaturated/α-hetero) is 1. The smallest absolute Gasteiger partial charge is 0.312 e. The normalized spacial score (nSPS) is 12.1. The van der Waals surface area contributed by atoms with E-state index < -0.39 is 16.8 Å². The van der Waals surface area contributed by atoms with E-state index in [9.17, 15) is 14.4 Å². The van der Waals surface area contributed by atoms with Crippen molar-refractivity contribution in [1.29, 1.82) is 0 Å². The van der Waals surface area contributed by atoms with Gasteiger partial charge in [-0.1, -0.05) is 32.9 Å². The number of benzene rings is 1. The third kappa shape index (κ3) is 6.13. The molecular weight excluding hydrogens is 386 g/mol. The van der Waals surface area contributed by atoms with Gasteiger partial charge in [0, 0.05) is 12.0 Å². The molecule has 2 rings (SSSR count). The highest BCUT2D eigenvalue weighted by molar-refractivity contribution is 5.85. The first-order chi connectivity index (χ1) is 13.9. The van der Waals surface area contributed by atoms with Gasteiger partial charge in [0.15, 0.2) is 12.5 Å². The lowest BCUT2D eigenvalue weighted by molar-refractivity contribution is -0.157. The average molecular weight is 418 g/mol. The summed E-state index contributed by atoms with van der Waals surface area (Å²) in [5, 5.41) is 3.44. The van der Waals surface area contributed by atoms with Gasteiger partial charge in [0.25, 0.3) is 5.56 Å². The van der Waals surface area contributed by atoms with E-state index in [0.29, 0.717) is 17.4 Å². The van der Waals surface area contributed by atoms with E-state index in [1.807, 2.05) is 20.8 Å². The minimum Gasteiger partial charge on any atom is -0.463 e. The Morgan fingerprint density at radius 1 is 1.07 bits per heavy atom. The maximum atomic E-state index is 12.9. The van der Waals surface area contributed by atoms with Gasteiger partial charge in [-0.15, -0.1) is 0 Å². The Bertz CT molecular complexity index is 967. The number of esters is 1. The number of carbonyl (C=O) groups excluding carboxylic acids is 2. The Hall–Kier alpha value is -2.74. The highest BCUT2D eigenvalue weighted by Crippen LogP contribution is 2.17. The van der Waals surface area contributed by atoms with Crippen LogP contribution in [0.25, 0.3) is 10.9 Å². The molecule has 8 nitrogen and oxygen atoms in total. The second kappa shape index (κ2) is 9.38. The summed E-state index contributed by atoms with van der Waals surface area (Å²) in [5.74, 6) is -0.340. The van der Waals surface area contributed by atoms with E-state index in [2.05, 4.69) is 10.3 Å². The molecule has 2 aromatic rings. The molecule has 0 aliphatic heterocycles. The molecule has 0 bridgehead atoms. The van der Waals surface area contributed by atoms with Gasteiger partial charge in [0.1, 0.15) is 6.61 Å². The molecule has 1 N–H and O–H groups in total. The Labute approximate surface area is 176 Å². The first-order valence-corrected chi connectivity index (χ1v) is 9.95. The van der Waals surface area contributed by atoms with Crippen molar-refractivity contribution in [1.82, 2.24) is 14.9 Å². The van der Waals surface area contributed by atoms with Crippen molar-refractivity contribution < 1.29 is 19.1 Å². The number of aromatic nitrogens is 2. The maximum absolute atomic E-state index is 12.9. The van der Waals surface area contributed by atoms with Crippen LogP contribution in [-0.2, 0) is 21.1 Å². The Kier molecular flexibility index (Phi) is 7.36. The van der Waals surface area contributed by atoms with E-state index in [1.54, 1.807) is 45.0 Å². The van der Waals surface area contributed by atoms with Crippen LogP contribution in [0.3, 0.4) is 0 Å². The van der Waals surface area contributed by atoms with Gasteiger partial charge in [0.05, 0.1) is 22.9 Å². The quantitative estimate of drug-likeness (QED) is 0.520. The van der Waals surface area contributed by atoms with Crippen LogP contribution in [-0.4, -0.2) is 41.0 Å². The van der Waals surface area contributed by atoms with Crippen molar-refractivity contribution in [2.75, 3.05) is 19.7 Å². The predicted molar refractivity (Wildman–Crippen MR) is 114 cm³/mol. The molecule has 0 saturated heterocycles. The number of hydrogen-bond donors (Lipinski definition) is 1. The molecule has 1 aromatic heterocycles. The molecule has 0 unspecified atom stereocenters. The van der Waals surface area contributed by atoms with Crippen molar-refractivity contribution in [3.05, 3.63) is 34.6 Å². The van der Waals surface area contributed by atoms with Crippen LogP contribution in [0.1, 0.15) is 41.5 Å². The zero-order valence-electron chi connectivity index (χ0n) is 18.6. The summed E-state index contributed by atoms with van der Waals surface area (Å²) in [6.07, 6.45) is 0. The topological polar surface area (TPSA) is 99.5 Å². The van der Waals surface area contributed by atoms with E-state index >= 15 is 0 Å². The second-order valence-corrected chi connectivity index (χ2v) is 9.15. The fourth-order valence-electron chi connectivity index (χ4n) is 2.39. The zero-order chi connectivity index (χ0) is 22.5. The fourth-order valence-corrected chi connectivity index (χ4v) is 2.39. The van der Waals surface area contributed by atoms with Crippen LogP contribution >= 0.6 is 0 Å². The number of nitrogens with zero attached hydrogens (tertiary/aromatic N) is 2. The van der Waals surface area contributed by atoms with Crippen LogP contribution in [0.2, 0.25) is 0 Å². The molecule has 1 heterocycles. The monoisotopic (exact) mass is 417 g/mol. The largest absolute Gasteiger partial charge is 0.463 e.